The molecule has 1 amide bonds. The maximum Gasteiger partial charge on any atom is 0.410 e. The van der Waals surface area contributed by atoms with Gasteiger partial charge >= 0.3 is 16.2 Å². The number of carbonyl (C=O) groups excluding carboxylic acids is 1. The van der Waals surface area contributed by atoms with Crippen molar-refractivity contribution in [3.05, 3.63) is 83.9 Å². The number of amides is 1. The first-order chi connectivity index (χ1) is 16.8. The summed E-state index contributed by atoms with van der Waals surface area (Å²) >= 11 is 0. The average Bonchev–Trinajstić information content (AvgIpc) is 2.80. The van der Waals surface area contributed by atoms with Crippen LogP contribution in [-0.2, 0) is 14.9 Å². The minimum atomic E-state index is -4.08. The minimum Gasteiger partial charge on any atom is -0.457 e. The van der Waals surface area contributed by atoms with Crippen LogP contribution in [0.2, 0.25) is 0 Å². The first kappa shape index (κ1) is 27.0. The van der Waals surface area contributed by atoms with Crippen LogP contribution in [0.4, 0.5) is 4.79 Å². The molecule has 3 aromatic rings. The molecule has 0 aliphatic carbocycles. The summed E-state index contributed by atoms with van der Waals surface area (Å²) in [5, 5.41) is 10.5. The number of para-hydroxylation sites is 1. The largest absolute Gasteiger partial charge is 0.457 e. The van der Waals surface area contributed by atoms with E-state index in [-0.39, 0.29) is 17.2 Å². The normalized spacial score (nSPS) is 12.5. The highest BCUT2D eigenvalue weighted by atomic mass is 32.2. The molecule has 1 atom stereocenters. The van der Waals surface area contributed by atoms with Crippen LogP contribution in [0.25, 0.3) is 0 Å². The second-order valence-electron chi connectivity index (χ2n) is 9.32. The summed E-state index contributed by atoms with van der Waals surface area (Å²) in [6.07, 6.45) is -1.54. The third-order valence-corrected chi connectivity index (χ3v) is 6.32. The first-order valence-electron chi connectivity index (χ1n) is 11.3. The molecule has 1 unspecified atom stereocenters. The van der Waals surface area contributed by atoms with E-state index in [0.29, 0.717) is 17.1 Å². The molecule has 9 heteroatoms. The standard InChI is InChI=1S/C27H31NO7S/c1-19-8-6-7-9-25(19)33-21-14-16-23(17-15-21)36(31,32)35-22-12-10-20(11-13-22)24(29)18-28(5)26(30)34-27(2,3)4/h6-17,24,29H,18H2,1-5H3. The van der Waals surface area contributed by atoms with Crippen LogP contribution in [0.1, 0.15) is 38.0 Å². The second kappa shape index (κ2) is 11.0. The van der Waals surface area contributed by atoms with Crippen molar-refractivity contribution < 1.29 is 32.0 Å². The van der Waals surface area contributed by atoms with Gasteiger partial charge in [0, 0.05) is 7.05 Å². The number of rotatable bonds is 8. The Morgan fingerprint density at radius 2 is 1.53 bits per heavy atom. The molecule has 36 heavy (non-hydrogen) atoms. The minimum absolute atomic E-state index is 0.00431. The molecule has 0 bridgehead atoms. The topological polar surface area (TPSA) is 102 Å². The molecule has 8 nitrogen and oxygen atoms in total. The Morgan fingerprint density at radius 1 is 0.944 bits per heavy atom. The van der Waals surface area contributed by atoms with Gasteiger partial charge in [-0.1, -0.05) is 30.3 Å². The summed E-state index contributed by atoms with van der Waals surface area (Å²) in [5.74, 6) is 1.27. The lowest BCUT2D eigenvalue weighted by Crippen LogP contribution is -2.36. The van der Waals surface area contributed by atoms with Crippen LogP contribution in [0.15, 0.2) is 77.7 Å². The van der Waals surface area contributed by atoms with Gasteiger partial charge in [0.1, 0.15) is 27.7 Å². The predicted octanol–water partition coefficient (Wildman–Crippen LogP) is 5.46. The van der Waals surface area contributed by atoms with Crippen molar-refractivity contribution in [1.82, 2.24) is 4.90 Å². The molecule has 0 aliphatic heterocycles. The Morgan fingerprint density at radius 3 is 2.11 bits per heavy atom. The molecule has 0 aromatic heterocycles. The number of ether oxygens (including phenoxy) is 2. The highest BCUT2D eigenvalue weighted by Crippen LogP contribution is 2.27. The summed E-state index contributed by atoms with van der Waals surface area (Å²) < 4.78 is 41.7. The fourth-order valence-corrected chi connectivity index (χ4v) is 4.10. The van der Waals surface area contributed by atoms with Gasteiger partial charge < -0.3 is 23.7 Å². The van der Waals surface area contributed by atoms with Crippen molar-refractivity contribution in [1.29, 1.82) is 0 Å². The van der Waals surface area contributed by atoms with E-state index in [0.717, 1.165) is 5.56 Å². The van der Waals surface area contributed by atoms with E-state index < -0.39 is 27.9 Å². The number of benzene rings is 3. The molecule has 192 valence electrons. The molecule has 0 radical (unpaired) electrons. The molecule has 0 spiro atoms. The smallest absolute Gasteiger partial charge is 0.410 e. The highest BCUT2D eigenvalue weighted by molar-refractivity contribution is 7.87. The average molecular weight is 514 g/mol. The Labute approximate surface area is 212 Å². The van der Waals surface area contributed by atoms with Gasteiger partial charge in [-0.2, -0.15) is 8.42 Å². The molecule has 0 aliphatic rings. The highest BCUT2D eigenvalue weighted by Gasteiger charge is 2.22. The zero-order chi connectivity index (χ0) is 26.5. The third-order valence-electron chi connectivity index (χ3n) is 5.06. The van der Waals surface area contributed by atoms with Crippen LogP contribution >= 0.6 is 0 Å². The molecule has 1 N–H and O–H groups in total. The van der Waals surface area contributed by atoms with Gasteiger partial charge in [-0.15, -0.1) is 0 Å². The number of hydrogen-bond donors (Lipinski definition) is 1. The number of aryl methyl sites for hydroxylation is 1. The molecular formula is C27H31NO7S. The van der Waals surface area contributed by atoms with E-state index in [1.165, 1.54) is 48.3 Å². The van der Waals surface area contributed by atoms with Gasteiger partial charge in [-0.05, 0) is 81.3 Å². The van der Waals surface area contributed by atoms with Gasteiger partial charge in [0.2, 0.25) is 0 Å². The monoisotopic (exact) mass is 513 g/mol. The molecule has 0 saturated heterocycles. The Bertz CT molecular complexity index is 1280. The summed E-state index contributed by atoms with van der Waals surface area (Å²) in [6.45, 7) is 7.21. The van der Waals surface area contributed by atoms with Crippen molar-refractivity contribution in [3.63, 3.8) is 0 Å². The van der Waals surface area contributed by atoms with Crippen LogP contribution in [0.5, 0.6) is 17.2 Å². The lowest BCUT2D eigenvalue weighted by Gasteiger charge is -2.26. The van der Waals surface area contributed by atoms with Crippen molar-refractivity contribution in [2.24, 2.45) is 0 Å². The summed E-state index contributed by atoms with van der Waals surface area (Å²) in [5.41, 5.74) is 0.810. The predicted molar refractivity (Wildman–Crippen MR) is 136 cm³/mol. The van der Waals surface area contributed by atoms with Gasteiger partial charge in [0.15, 0.2) is 0 Å². The number of nitrogens with zero attached hydrogens (tertiary/aromatic N) is 1. The van der Waals surface area contributed by atoms with E-state index in [1.54, 1.807) is 32.9 Å². The number of aliphatic hydroxyl groups is 1. The van der Waals surface area contributed by atoms with Crippen molar-refractivity contribution in [2.45, 2.75) is 44.3 Å². The Balaban J connectivity index is 1.61. The number of carbonyl (C=O) groups is 1. The van der Waals surface area contributed by atoms with E-state index >= 15 is 0 Å². The zero-order valence-corrected chi connectivity index (χ0v) is 21.8. The molecule has 3 rings (SSSR count). The number of hydrogen-bond acceptors (Lipinski definition) is 7. The number of aliphatic hydroxyl groups excluding tert-OH is 1. The first-order valence-corrected chi connectivity index (χ1v) is 12.7. The van der Waals surface area contributed by atoms with E-state index in [4.69, 9.17) is 13.7 Å². The fourth-order valence-electron chi connectivity index (χ4n) is 3.17. The van der Waals surface area contributed by atoms with Crippen molar-refractivity contribution in [2.75, 3.05) is 13.6 Å². The van der Waals surface area contributed by atoms with Crippen LogP contribution in [0.3, 0.4) is 0 Å². The molecule has 3 aromatic carbocycles. The van der Waals surface area contributed by atoms with Crippen molar-refractivity contribution in [3.8, 4) is 17.2 Å². The van der Waals surface area contributed by atoms with Crippen molar-refractivity contribution >= 4 is 16.2 Å². The number of likely N-dealkylation sites (N-methyl/N-ethyl adjacent to an activating group) is 1. The summed E-state index contributed by atoms with van der Waals surface area (Å²) in [4.78, 5) is 13.3. The summed E-state index contributed by atoms with van der Waals surface area (Å²) in [7, 11) is -2.55. The van der Waals surface area contributed by atoms with E-state index in [1.807, 2.05) is 31.2 Å². The second-order valence-corrected chi connectivity index (χ2v) is 10.9. The third kappa shape index (κ3) is 7.47. The lowest BCUT2D eigenvalue weighted by atomic mass is 10.1. The SMILES string of the molecule is Cc1ccccc1Oc1ccc(S(=O)(=O)Oc2ccc(C(O)CN(C)C(=O)OC(C)(C)C)cc2)cc1. The van der Waals surface area contributed by atoms with Crippen LogP contribution in [0, 0.1) is 6.92 Å². The molecule has 0 fully saturated rings. The van der Waals surface area contributed by atoms with Gasteiger partial charge in [0.25, 0.3) is 0 Å². The Kier molecular flexibility index (Phi) is 8.27. The van der Waals surface area contributed by atoms with Crippen LogP contribution < -0.4 is 8.92 Å². The molecule has 0 saturated carbocycles. The van der Waals surface area contributed by atoms with E-state index in [2.05, 4.69) is 0 Å². The van der Waals surface area contributed by atoms with Crippen LogP contribution in [-0.4, -0.2) is 43.7 Å². The lowest BCUT2D eigenvalue weighted by molar-refractivity contribution is 0.0205. The molecular weight excluding hydrogens is 482 g/mol. The zero-order valence-electron chi connectivity index (χ0n) is 21.0. The summed E-state index contributed by atoms with van der Waals surface area (Å²) in [6, 6.07) is 19.4. The maximum atomic E-state index is 12.7. The molecule has 0 heterocycles. The van der Waals surface area contributed by atoms with E-state index in [9.17, 15) is 18.3 Å². The fraction of sp³-hybridized carbons (Fsp3) is 0.296. The maximum absolute atomic E-state index is 12.7. The van der Waals surface area contributed by atoms with Gasteiger partial charge in [-0.3, -0.25) is 0 Å². The van der Waals surface area contributed by atoms with Gasteiger partial charge in [0.05, 0.1) is 12.6 Å². The Hall–Kier alpha value is -3.56. The quantitative estimate of drug-likeness (QED) is 0.399. The van der Waals surface area contributed by atoms with Gasteiger partial charge in [-0.25, -0.2) is 4.79 Å².